The van der Waals surface area contributed by atoms with Gasteiger partial charge in [0.15, 0.2) is 5.43 Å². The highest BCUT2D eigenvalue weighted by Gasteiger charge is 2.26. The van der Waals surface area contributed by atoms with E-state index in [0.29, 0.717) is 15.8 Å². The van der Waals surface area contributed by atoms with E-state index in [2.05, 4.69) is 0 Å². The summed E-state index contributed by atoms with van der Waals surface area (Å²) in [6.45, 7) is 9.63. The third-order valence-electron chi connectivity index (χ3n) is 3.83. The third kappa shape index (κ3) is 3.87. The number of hydrogen-bond donors (Lipinski definition) is 0. The van der Waals surface area contributed by atoms with Crippen molar-refractivity contribution in [1.82, 2.24) is 0 Å². The van der Waals surface area contributed by atoms with Crippen LogP contribution in [-0.2, 0) is 15.4 Å². The zero-order chi connectivity index (χ0) is 18.4. The first-order valence-electron chi connectivity index (χ1n) is 8.10. The fourth-order valence-electron chi connectivity index (χ4n) is 2.48. The Morgan fingerprint density at radius 1 is 0.880 bits per heavy atom. The Labute approximate surface area is 156 Å². The van der Waals surface area contributed by atoms with Crippen LogP contribution in [-0.4, -0.2) is 5.60 Å². The standard InChI is InChI=1S/C20H21ClO3S/c1-19(2,3)23-24-20(4,5)12-6-8-16-14(10-12)18(22)15-11-13(21)7-9-17(15)25-16/h6-11H,1-5H3. The molecule has 0 fully saturated rings. The Morgan fingerprint density at radius 3 is 2.12 bits per heavy atom. The molecule has 0 spiro atoms. The summed E-state index contributed by atoms with van der Waals surface area (Å²) in [7, 11) is 0. The van der Waals surface area contributed by atoms with Crippen LogP contribution in [0.25, 0.3) is 20.2 Å². The summed E-state index contributed by atoms with van der Waals surface area (Å²) < 4.78 is 1.87. The molecule has 0 radical (unpaired) electrons. The number of halogens is 1. The predicted molar refractivity (Wildman–Crippen MR) is 106 cm³/mol. The molecule has 132 valence electrons. The highest BCUT2D eigenvalue weighted by molar-refractivity contribution is 7.24. The summed E-state index contributed by atoms with van der Waals surface area (Å²) in [5, 5.41) is 1.88. The first-order chi connectivity index (χ1) is 11.6. The maximum Gasteiger partial charge on any atom is 0.195 e. The topological polar surface area (TPSA) is 35.5 Å². The molecule has 1 heterocycles. The summed E-state index contributed by atoms with van der Waals surface area (Å²) in [6, 6.07) is 11.3. The second-order valence-electron chi connectivity index (χ2n) is 7.57. The molecule has 0 amide bonds. The first kappa shape index (κ1) is 18.3. The lowest BCUT2D eigenvalue weighted by Crippen LogP contribution is -2.29. The van der Waals surface area contributed by atoms with Crippen molar-refractivity contribution in [3.8, 4) is 0 Å². The van der Waals surface area contributed by atoms with Gasteiger partial charge in [-0.3, -0.25) is 4.79 Å². The van der Waals surface area contributed by atoms with Crippen LogP contribution in [0.3, 0.4) is 0 Å². The SMILES string of the molecule is CC(C)(C)OOC(C)(C)c1ccc2sc3ccc(Cl)cc3c(=O)c2c1. The highest BCUT2D eigenvalue weighted by Crippen LogP contribution is 2.32. The Bertz CT molecular complexity index is 999. The third-order valence-corrected chi connectivity index (χ3v) is 5.21. The van der Waals surface area contributed by atoms with Crippen molar-refractivity contribution >= 4 is 43.1 Å². The van der Waals surface area contributed by atoms with E-state index in [1.807, 2.05) is 58.9 Å². The van der Waals surface area contributed by atoms with Crippen molar-refractivity contribution in [2.45, 2.75) is 45.8 Å². The number of rotatable bonds is 3. The van der Waals surface area contributed by atoms with E-state index < -0.39 is 11.2 Å². The molecule has 0 aliphatic heterocycles. The lowest BCUT2D eigenvalue weighted by molar-refractivity contribution is -0.401. The molecule has 3 nitrogen and oxygen atoms in total. The molecule has 0 saturated carbocycles. The molecule has 3 aromatic rings. The normalized spacial score (nSPS) is 12.9. The van der Waals surface area contributed by atoms with E-state index >= 15 is 0 Å². The van der Waals surface area contributed by atoms with E-state index in [9.17, 15) is 4.79 Å². The average molecular weight is 377 g/mol. The van der Waals surface area contributed by atoms with Crippen molar-refractivity contribution in [2.75, 3.05) is 0 Å². The summed E-state index contributed by atoms with van der Waals surface area (Å²) in [5.41, 5.74) is -0.218. The van der Waals surface area contributed by atoms with Crippen LogP contribution in [0.4, 0.5) is 0 Å². The zero-order valence-electron chi connectivity index (χ0n) is 15.0. The molecular weight excluding hydrogens is 356 g/mol. The molecule has 2 aromatic carbocycles. The Morgan fingerprint density at radius 2 is 1.48 bits per heavy atom. The van der Waals surface area contributed by atoms with Gasteiger partial charge in [0.1, 0.15) is 5.60 Å². The van der Waals surface area contributed by atoms with Crippen LogP contribution in [0, 0.1) is 0 Å². The molecule has 3 rings (SSSR count). The van der Waals surface area contributed by atoms with E-state index in [-0.39, 0.29) is 5.43 Å². The maximum atomic E-state index is 12.9. The second-order valence-corrected chi connectivity index (χ2v) is 9.09. The van der Waals surface area contributed by atoms with E-state index in [0.717, 1.165) is 15.0 Å². The van der Waals surface area contributed by atoms with Crippen molar-refractivity contribution in [1.29, 1.82) is 0 Å². The van der Waals surface area contributed by atoms with Crippen LogP contribution in [0.15, 0.2) is 41.2 Å². The van der Waals surface area contributed by atoms with Gasteiger partial charge in [-0.2, -0.15) is 0 Å². The summed E-state index contributed by atoms with van der Waals surface area (Å²) >= 11 is 7.64. The van der Waals surface area contributed by atoms with E-state index in [4.69, 9.17) is 21.4 Å². The Kier molecular flexibility index (Phi) is 4.67. The molecule has 0 bridgehead atoms. The van der Waals surface area contributed by atoms with Gasteiger partial charge in [-0.25, -0.2) is 9.78 Å². The Hall–Kier alpha value is -1.46. The van der Waals surface area contributed by atoms with E-state index in [1.165, 1.54) is 0 Å². The number of benzene rings is 2. The first-order valence-corrected chi connectivity index (χ1v) is 9.30. The smallest absolute Gasteiger partial charge is 0.195 e. The predicted octanol–water partition coefficient (Wildman–Crippen LogP) is 6.05. The molecule has 25 heavy (non-hydrogen) atoms. The average Bonchev–Trinajstić information content (AvgIpc) is 2.53. The van der Waals surface area contributed by atoms with Crippen LogP contribution in [0.1, 0.15) is 40.2 Å². The quantitative estimate of drug-likeness (QED) is 0.317. The lowest BCUT2D eigenvalue weighted by atomic mass is 9.97. The molecule has 1 aromatic heterocycles. The van der Waals surface area contributed by atoms with Gasteiger partial charge in [0.05, 0.1) is 5.60 Å². The summed E-state index contributed by atoms with van der Waals surface area (Å²) in [5.74, 6) is 0. The van der Waals surface area contributed by atoms with Crippen LogP contribution in [0.2, 0.25) is 5.02 Å². The van der Waals surface area contributed by atoms with Crippen LogP contribution in [0.5, 0.6) is 0 Å². The molecule has 0 saturated heterocycles. The molecule has 0 atom stereocenters. The van der Waals surface area contributed by atoms with Gasteiger partial charge in [0.2, 0.25) is 0 Å². The van der Waals surface area contributed by atoms with Gasteiger partial charge >= 0.3 is 0 Å². The van der Waals surface area contributed by atoms with Crippen molar-refractivity contribution in [3.05, 3.63) is 57.2 Å². The maximum absolute atomic E-state index is 12.9. The molecule has 0 aliphatic carbocycles. The monoisotopic (exact) mass is 376 g/mol. The molecule has 0 aliphatic rings. The lowest BCUT2D eigenvalue weighted by Gasteiger charge is -2.29. The van der Waals surface area contributed by atoms with Crippen LogP contribution < -0.4 is 5.43 Å². The molecule has 0 unspecified atom stereocenters. The summed E-state index contributed by atoms with van der Waals surface area (Å²) in [4.78, 5) is 24.1. The van der Waals surface area contributed by atoms with Crippen LogP contribution >= 0.6 is 22.9 Å². The second kappa shape index (κ2) is 6.36. The van der Waals surface area contributed by atoms with E-state index in [1.54, 1.807) is 23.5 Å². The fraction of sp³-hybridized carbons (Fsp3) is 0.350. The van der Waals surface area contributed by atoms with Gasteiger partial charge in [-0.15, -0.1) is 11.3 Å². The van der Waals surface area contributed by atoms with Gasteiger partial charge in [-0.1, -0.05) is 17.7 Å². The zero-order valence-corrected chi connectivity index (χ0v) is 16.5. The summed E-state index contributed by atoms with van der Waals surface area (Å²) in [6.07, 6.45) is 0. The van der Waals surface area contributed by atoms with Crippen molar-refractivity contribution in [3.63, 3.8) is 0 Å². The largest absolute Gasteiger partial charge is 0.289 e. The van der Waals surface area contributed by atoms with Gasteiger partial charge < -0.3 is 0 Å². The van der Waals surface area contributed by atoms with Gasteiger partial charge in [0.25, 0.3) is 0 Å². The van der Waals surface area contributed by atoms with Crippen molar-refractivity contribution < 1.29 is 9.78 Å². The number of hydrogen-bond acceptors (Lipinski definition) is 4. The highest BCUT2D eigenvalue weighted by atomic mass is 35.5. The minimum absolute atomic E-state index is 0.0133. The molecule has 0 N–H and O–H groups in total. The number of fused-ring (bicyclic) bond motifs is 2. The molecule has 5 heteroatoms. The Balaban J connectivity index is 2.11. The minimum atomic E-state index is -0.679. The molecular formula is C20H21ClO3S. The van der Waals surface area contributed by atoms with Crippen molar-refractivity contribution in [2.24, 2.45) is 0 Å². The minimum Gasteiger partial charge on any atom is -0.289 e. The fourth-order valence-corrected chi connectivity index (χ4v) is 3.68. The van der Waals surface area contributed by atoms with Gasteiger partial charge in [0, 0.05) is 25.2 Å². The van der Waals surface area contributed by atoms with Gasteiger partial charge in [-0.05, 0) is 70.5 Å².